The van der Waals surface area contributed by atoms with Gasteiger partial charge in [-0.2, -0.15) is 4.31 Å². The third kappa shape index (κ3) is 4.62. The van der Waals surface area contributed by atoms with E-state index in [1.54, 1.807) is 18.2 Å². The minimum Gasteiger partial charge on any atom is -0.366 e. The molecule has 144 valence electrons. The maximum Gasteiger partial charge on any atom is 0.248 e. The number of halogens is 2. The van der Waals surface area contributed by atoms with Crippen LogP contribution in [0.1, 0.15) is 15.9 Å². The van der Waals surface area contributed by atoms with Crippen LogP contribution in [0.15, 0.2) is 47.4 Å². The van der Waals surface area contributed by atoms with E-state index in [1.807, 2.05) is 12.1 Å². The molecule has 1 aliphatic rings. The number of nitrogens with zero attached hydrogens (tertiary/aromatic N) is 2. The number of rotatable bonds is 5. The second kappa shape index (κ2) is 8.16. The molecule has 1 fully saturated rings. The Bertz CT molecular complexity index is 941. The van der Waals surface area contributed by atoms with Crippen LogP contribution in [0.3, 0.4) is 0 Å². The molecule has 1 saturated heterocycles. The highest BCUT2D eigenvalue weighted by Gasteiger charge is 2.30. The van der Waals surface area contributed by atoms with E-state index in [4.69, 9.17) is 28.9 Å². The highest BCUT2D eigenvalue weighted by atomic mass is 35.5. The predicted octanol–water partition coefficient (Wildman–Crippen LogP) is 2.60. The number of hydrogen-bond donors (Lipinski definition) is 1. The van der Waals surface area contributed by atoms with Crippen LogP contribution in [-0.4, -0.2) is 49.7 Å². The van der Waals surface area contributed by atoms with Crippen LogP contribution in [0, 0.1) is 0 Å². The van der Waals surface area contributed by atoms with Gasteiger partial charge in [0.25, 0.3) is 0 Å². The molecule has 2 aromatic carbocycles. The summed E-state index contributed by atoms with van der Waals surface area (Å²) in [4.78, 5) is 13.3. The van der Waals surface area contributed by atoms with Crippen molar-refractivity contribution < 1.29 is 13.2 Å². The normalized spacial score (nSPS) is 16.4. The molecule has 0 aromatic heterocycles. The molecular formula is C18H19Cl2N3O3S. The summed E-state index contributed by atoms with van der Waals surface area (Å²) >= 11 is 12.0. The summed E-state index contributed by atoms with van der Waals surface area (Å²) in [6.45, 7) is 2.59. The molecule has 6 nitrogen and oxygen atoms in total. The smallest absolute Gasteiger partial charge is 0.248 e. The van der Waals surface area contributed by atoms with Crippen molar-refractivity contribution in [3.63, 3.8) is 0 Å². The van der Waals surface area contributed by atoms with Gasteiger partial charge in [0.2, 0.25) is 15.9 Å². The summed E-state index contributed by atoms with van der Waals surface area (Å²) in [5.74, 6) is -0.458. The zero-order valence-corrected chi connectivity index (χ0v) is 16.8. The number of nitrogens with two attached hydrogens (primary N) is 1. The van der Waals surface area contributed by atoms with Gasteiger partial charge < -0.3 is 5.73 Å². The van der Waals surface area contributed by atoms with E-state index in [-0.39, 0.29) is 9.92 Å². The second-order valence-electron chi connectivity index (χ2n) is 6.32. The number of hydrogen-bond acceptors (Lipinski definition) is 4. The van der Waals surface area contributed by atoms with E-state index in [1.165, 1.54) is 16.4 Å². The van der Waals surface area contributed by atoms with Crippen molar-refractivity contribution in [2.75, 3.05) is 26.2 Å². The van der Waals surface area contributed by atoms with Gasteiger partial charge in [0, 0.05) is 43.3 Å². The maximum absolute atomic E-state index is 12.8. The Kier molecular flexibility index (Phi) is 6.08. The van der Waals surface area contributed by atoms with Gasteiger partial charge >= 0.3 is 0 Å². The third-order valence-electron chi connectivity index (χ3n) is 4.49. The standard InChI is InChI=1S/C18H19Cl2N3O3S/c19-15-5-6-16(20)17(11-15)27(25,26)23-9-7-22(8-10-23)12-13-1-3-14(4-2-13)18(21)24/h1-6,11H,7-10,12H2,(H2,21,24). The fourth-order valence-corrected chi connectivity index (χ4v) is 5.13. The van der Waals surface area contributed by atoms with Gasteiger partial charge in [0.05, 0.1) is 5.02 Å². The molecule has 0 saturated carbocycles. The summed E-state index contributed by atoms with van der Waals surface area (Å²) in [6, 6.07) is 11.5. The molecule has 0 aliphatic carbocycles. The van der Waals surface area contributed by atoms with Gasteiger partial charge in [-0.05, 0) is 35.9 Å². The fourth-order valence-electron chi connectivity index (χ4n) is 2.97. The maximum atomic E-state index is 12.8. The molecule has 2 aromatic rings. The SMILES string of the molecule is NC(=O)c1ccc(CN2CCN(S(=O)(=O)c3cc(Cl)ccc3Cl)CC2)cc1. The molecule has 0 unspecified atom stereocenters. The Morgan fingerprint density at radius 2 is 1.63 bits per heavy atom. The highest BCUT2D eigenvalue weighted by Crippen LogP contribution is 2.28. The number of primary amides is 1. The van der Waals surface area contributed by atoms with Gasteiger partial charge in [-0.15, -0.1) is 0 Å². The summed E-state index contributed by atoms with van der Waals surface area (Å²) in [6.07, 6.45) is 0. The average Bonchev–Trinajstić information content (AvgIpc) is 2.64. The molecule has 0 bridgehead atoms. The fraction of sp³-hybridized carbons (Fsp3) is 0.278. The predicted molar refractivity (Wildman–Crippen MR) is 105 cm³/mol. The second-order valence-corrected chi connectivity index (χ2v) is 9.07. The van der Waals surface area contributed by atoms with Crippen molar-refractivity contribution in [1.82, 2.24) is 9.21 Å². The first-order valence-corrected chi connectivity index (χ1v) is 10.5. The molecule has 3 rings (SSSR count). The minimum absolute atomic E-state index is 0.0344. The van der Waals surface area contributed by atoms with Crippen molar-refractivity contribution >= 4 is 39.1 Å². The van der Waals surface area contributed by atoms with Crippen molar-refractivity contribution in [1.29, 1.82) is 0 Å². The van der Waals surface area contributed by atoms with Crippen LogP contribution in [-0.2, 0) is 16.6 Å². The highest BCUT2D eigenvalue weighted by molar-refractivity contribution is 7.89. The molecule has 2 N–H and O–H groups in total. The summed E-state index contributed by atoms with van der Waals surface area (Å²) in [7, 11) is -3.69. The molecular weight excluding hydrogens is 409 g/mol. The van der Waals surface area contributed by atoms with Gasteiger partial charge in [0.15, 0.2) is 0 Å². The van der Waals surface area contributed by atoms with Crippen LogP contribution in [0.4, 0.5) is 0 Å². The Morgan fingerprint density at radius 3 is 2.22 bits per heavy atom. The number of benzene rings is 2. The largest absolute Gasteiger partial charge is 0.366 e. The van der Waals surface area contributed by atoms with Gasteiger partial charge in [0.1, 0.15) is 4.90 Å². The summed E-state index contributed by atoms with van der Waals surface area (Å²) in [5, 5.41) is 0.493. The first kappa shape index (κ1) is 20.1. The van der Waals surface area contributed by atoms with Gasteiger partial charge in [-0.25, -0.2) is 8.42 Å². The zero-order valence-electron chi connectivity index (χ0n) is 14.4. The first-order valence-electron chi connectivity index (χ1n) is 8.33. The van der Waals surface area contributed by atoms with Crippen molar-refractivity contribution in [2.45, 2.75) is 11.4 Å². The molecule has 0 spiro atoms. The number of sulfonamides is 1. The summed E-state index contributed by atoms with van der Waals surface area (Å²) in [5.41, 5.74) is 6.74. The van der Waals surface area contributed by atoms with Crippen LogP contribution >= 0.6 is 23.2 Å². The monoisotopic (exact) mass is 427 g/mol. The minimum atomic E-state index is -3.69. The lowest BCUT2D eigenvalue weighted by atomic mass is 10.1. The van der Waals surface area contributed by atoms with Crippen molar-refractivity contribution in [3.05, 3.63) is 63.6 Å². The molecule has 27 heavy (non-hydrogen) atoms. The van der Waals surface area contributed by atoms with Gasteiger partial charge in [-0.3, -0.25) is 9.69 Å². The van der Waals surface area contributed by atoms with E-state index in [9.17, 15) is 13.2 Å². The average molecular weight is 428 g/mol. The summed E-state index contributed by atoms with van der Waals surface area (Å²) < 4.78 is 27.1. The number of piperazine rings is 1. The number of carbonyl (C=O) groups is 1. The van der Waals surface area contributed by atoms with E-state index in [0.29, 0.717) is 43.3 Å². The molecule has 9 heteroatoms. The Morgan fingerprint density at radius 1 is 1.00 bits per heavy atom. The zero-order chi connectivity index (χ0) is 19.6. The first-order chi connectivity index (χ1) is 12.8. The Hall–Kier alpha value is -1.64. The van der Waals surface area contributed by atoms with Crippen LogP contribution in [0.25, 0.3) is 0 Å². The molecule has 1 amide bonds. The van der Waals surface area contributed by atoms with Crippen LogP contribution in [0.2, 0.25) is 10.0 Å². The van der Waals surface area contributed by atoms with Crippen LogP contribution in [0.5, 0.6) is 0 Å². The topological polar surface area (TPSA) is 83.7 Å². The van der Waals surface area contributed by atoms with Gasteiger partial charge in [-0.1, -0.05) is 35.3 Å². The molecule has 1 heterocycles. The van der Waals surface area contributed by atoms with E-state index < -0.39 is 15.9 Å². The Labute approximate surface area is 168 Å². The van der Waals surface area contributed by atoms with Crippen molar-refractivity contribution in [2.24, 2.45) is 5.73 Å². The molecule has 0 radical (unpaired) electrons. The number of amides is 1. The lowest BCUT2D eigenvalue weighted by Gasteiger charge is -2.34. The lowest BCUT2D eigenvalue weighted by molar-refractivity contribution is 0.1000. The quantitative estimate of drug-likeness (QED) is 0.794. The van der Waals surface area contributed by atoms with Crippen LogP contribution < -0.4 is 5.73 Å². The van der Waals surface area contributed by atoms with E-state index in [0.717, 1.165) is 5.56 Å². The Balaban J connectivity index is 1.64. The molecule has 1 aliphatic heterocycles. The molecule has 0 atom stereocenters. The van der Waals surface area contributed by atoms with E-state index in [2.05, 4.69) is 4.90 Å². The van der Waals surface area contributed by atoms with Crippen molar-refractivity contribution in [3.8, 4) is 0 Å². The third-order valence-corrected chi connectivity index (χ3v) is 7.10. The lowest BCUT2D eigenvalue weighted by Crippen LogP contribution is -2.48. The number of carbonyl (C=O) groups excluding carboxylic acids is 1. The van der Waals surface area contributed by atoms with E-state index >= 15 is 0 Å².